The number of rotatable bonds is 4. The lowest BCUT2D eigenvalue weighted by molar-refractivity contribution is -0.385. The number of hydrogen-bond acceptors (Lipinski definition) is 5. The van der Waals surface area contributed by atoms with Crippen molar-refractivity contribution in [2.45, 2.75) is 13.0 Å². The maximum Gasteiger partial charge on any atom is 0.311 e. The van der Waals surface area contributed by atoms with Crippen LogP contribution in [0.4, 0.5) is 10.1 Å². The van der Waals surface area contributed by atoms with Gasteiger partial charge in [0, 0.05) is 30.4 Å². The third-order valence-electron chi connectivity index (χ3n) is 2.62. The van der Waals surface area contributed by atoms with E-state index in [9.17, 15) is 14.5 Å². The summed E-state index contributed by atoms with van der Waals surface area (Å²) in [6.07, 6.45) is 1.51. The fraction of sp³-hybridized carbons (Fsp3) is 0.154. The van der Waals surface area contributed by atoms with Crippen LogP contribution in [-0.2, 0) is 0 Å². The lowest BCUT2D eigenvalue weighted by Crippen LogP contribution is -2.05. The van der Waals surface area contributed by atoms with Gasteiger partial charge in [-0.3, -0.25) is 10.1 Å². The summed E-state index contributed by atoms with van der Waals surface area (Å²) >= 11 is 0. The molecule has 0 spiro atoms. The predicted octanol–water partition coefficient (Wildman–Crippen LogP) is 2.94. The van der Waals surface area contributed by atoms with Gasteiger partial charge in [0.05, 0.1) is 4.92 Å². The van der Waals surface area contributed by atoms with Crippen molar-refractivity contribution in [3.63, 3.8) is 0 Å². The average molecular weight is 277 g/mol. The van der Waals surface area contributed by atoms with Gasteiger partial charge in [0.1, 0.15) is 5.82 Å². The smallest absolute Gasteiger partial charge is 0.311 e. The predicted molar refractivity (Wildman–Crippen MR) is 70.0 cm³/mol. The molecule has 0 aliphatic carbocycles. The molecule has 0 radical (unpaired) electrons. The first-order valence-corrected chi connectivity index (χ1v) is 5.80. The topological polar surface area (TPSA) is 91.3 Å². The highest BCUT2D eigenvalue weighted by Crippen LogP contribution is 2.31. The summed E-state index contributed by atoms with van der Waals surface area (Å²) in [5.74, 6) is -0.697. The van der Waals surface area contributed by atoms with E-state index in [0.717, 1.165) is 23.8 Å². The van der Waals surface area contributed by atoms with Gasteiger partial charge < -0.3 is 10.5 Å². The number of halogens is 1. The van der Waals surface area contributed by atoms with Crippen molar-refractivity contribution < 1.29 is 14.1 Å². The molecule has 1 atom stereocenters. The molecule has 0 aliphatic heterocycles. The maximum atomic E-state index is 13.1. The van der Waals surface area contributed by atoms with Gasteiger partial charge in [-0.05, 0) is 18.6 Å². The molecule has 1 unspecified atom stereocenters. The standard InChI is InChI=1S/C13H12FN3O3/c1-8(15)9-2-5-13(16-7-9)20-12-6-10(14)3-4-11(12)17(18)19/h2-8H,15H2,1H3. The van der Waals surface area contributed by atoms with Gasteiger partial charge in [-0.2, -0.15) is 0 Å². The molecule has 0 aliphatic rings. The van der Waals surface area contributed by atoms with Crippen LogP contribution in [0.25, 0.3) is 0 Å². The van der Waals surface area contributed by atoms with E-state index in [1.165, 1.54) is 12.3 Å². The zero-order chi connectivity index (χ0) is 14.7. The third kappa shape index (κ3) is 3.07. The number of pyridine rings is 1. The van der Waals surface area contributed by atoms with Gasteiger partial charge >= 0.3 is 5.69 Å². The number of hydrogen-bond donors (Lipinski definition) is 1. The molecule has 0 amide bonds. The molecule has 1 aromatic heterocycles. The van der Waals surface area contributed by atoms with Crippen LogP contribution in [-0.4, -0.2) is 9.91 Å². The Kier molecular flexibility index (Phi) is 3.90. The lowest BCUT2D eigenvalue weighted by atomic mass is 10.2. The number of benzene rings is 1. The minimum atomic E-state index is -0.648. The first-order chi connectivity index (χ1) is 9.47. The molecule has 0 bridgehead atoms. The molecular formula is C13H12FN3O3. The zero-order valence-electron chi connectivity index (χ0n) is 10.6. The lowest BCUT2D eigenvalue weighted by Gasteiger charge is -2.08. The SMILES string of the molecule is CC(N)c1ccc(Oc2cc(F)ccc2[N+](=O)[O-])nc1. The summed E-state index contributed by atoms with van der Waals surface area (Å²) in [5.41, 5.74) is 6.15. The van der Waals surface area contributed by atoms with Crippen LogP contribution in [0.2, 0.25) is 0 Å². The summed E-state index contributed by atoms with van der Waals surface area (Å²) in [4.78, 5) is 14.2. The number of nitro benzene ring substituents is 1. The molecule has 2 rings (SSSR count). The van der Waals surface area contributed by atoms with E-state index >= 15 is 0 Å². The van der Waals surface area contributed by atoms with Crippen LogP contribution in [0.3, 0.4) is 0 Å². The number of nitrogens with zero attached hydrogens (tertiary/aromatic N) is 2. The van der Waals surface area contributed by atoms with Gasteiger partial charge in [-0.25, -0.2) is 9.37 Å². The summed E-state index contributed by atoms with van der Waals surface area (Å²) in [5, 5.41) is 10.8. The Balaban J connectivity index is 2.29. The van der Waals surface area contributed by atoms with Crippen LogP contribution in [0.15, 0.2) is 36.5 Å². The molecule has 0 saturated carbocycles. The number of nitrogens with two attached hydrogens (primary N) is 1. The Labute approximate surface area is 114 Å². The third-order valence-corrected chi connectivity index (χ3v) is 2.62. The highest BCUT2D eigenvalue weighted by Gasteiger charge is 2.17. The molecule has 1 aromatic carbocycles. The minimum Gasteiger partial charge on any atom is -0.432 e. The van der Waals surface area contributed by atoms with Gasteiger partial charge in [-0.1, -0.05) is 6.07 Å². The second kappa shape index (κ2) is 5.62. The zero-order valence-corrected chi connectivity index (χ0v) is 10.6. The van der Waals surface area contributed by atoms with Gasteiger partial charge in [0.25, 0.3) is 0 Å². The quantitative estimate of drug-likeness (QED) is 0.685. The molecule has 20 heavy (non-hydrogen) atoms. The first-order valence-electron chi connectivity index (χ1n) is 5.80. The van der Waals surface area contributed by atoms with E-state index in [2.05, 4.69) is 4.98 Å². The molecule has 6 nitrogen and oxygen atoms in total. The normalized spacial score (nSPS) is 11.9. The molecule has 0 saturated heterocycles. The monoisotopic (exact) mass is 277 g/mol. The molecule has 0 fully saturated rings. The van der Waals surface area contributed by atoms with Crippen molar-refractivity contribution in [1.29, 1.82) is 0 Å². The van der Waals surface area contributed by atoms with Crippen molar-refractivity contribution in [3.8, 4) is 11.6 Å². The second-order valence-electron chi connectivity index (χ2n) is 4.19. The van der Waals surface area contributed by atoms with E-state index in [4.69, 9.17) is 10.5 Å². The van der Waals surface area contributed by atoms with E-state index in [0.29, 0.717) is 0 Å². The van der Waals surface area contributed by atoms with Crippen molar-refractivity contribution in [1.82, 2.24) is 4.98 Å². The van der Waals surface area contributed by atoms with Crippen molar-refractivity contribution in [2.75, 3.05) is 0 Å². The summed E-state index contributed by atoms with van der Waals surface area (Å²) in [7, 11) is 0. The van der Waals surface area contributed by atoms with Crippen molar-refractivity contribution >= 4 is 5.69 Å². The average Bonchev–Trinajstić information content (AvgIpc) is 2.39. The summed E-state index contributed by atoms with van der Waals surface area (Å²) < 4.78 is 18.4. The Hall–Kier alpha value is -2.54. The van der Waals surface area contributed by atoms with E-state index in [1.54, 1.807) is 13.0 Å². The van der Waals surface area contributed by atoms with Crippen LogP contribution in [0.1, 0.15) is 18.5 Å². The number of ether oxygens (including phenoxy) is 1. The summed E-state index contributed by atoms with van der Waals surface area (Å²) in [6, 6.07) is 6.02. The van der Waals surface area contributed by atoms with Crippen LogP contribution in [0.5, 0.6) is 11.6 Å². The van der Waals surface area contributed by atoms with Crippen molar-refractivity contribution in [2.24, 2.45) is 5.73 Å². The van der Waals surface area contributed by atoms with Crippen LogP contribution < -0.4 is 10.5 Å². The molecule has 1 heterocycles. The highest BCUT2D eigenvalue weighted by atomic mass is 19.1. The van der Waals surface area contributed by atoms with Gasteiger partial charge in [0.2, 0.25) is 11.6 Å². The second-order valence-corrected chi connectivity index (χ2v) is 4.19. The Morgan fingerprint density at radius 3 is 2.70 bits per heavy atom. The Morgan fingerprint density at radius 2 is 2.15 bits per heavy atom. The molecule has 2 N–H and O–H groups in total. The van der Waals surface area contributed by atoms with Gasteiger partial charge in [-0.15, -0.1) is 0 Å². The van der Waals surface area contributed by atoms with Crippen LogP contribution >= 0.6 is 0 Å². The summed E-state index contributed by atoms with van der Waals surface area (Å²) in [6.45, 7) is 1.80. The van der Waals surface area contributed by atoms with Crippen LogP contribution in [0, 0.1) is 15.9 Å². The molecule has 7 heteroatoms. The van der Waals surface area contributed by atoms with E-state index in [-0.39, 0.29) is 23.4 Å². The van der Waals surface area contributed by atoms with E-state index in [1.807, 2.05) is 0 Å². The van der Waals surface area contributed by atoms with E-state index < -0.39 is 10.7 Å². The fourth-order valence-corrected chi connectivity index (χ4v) is 1.55. The first kappa shape index (κ1) is 13.9. The number of nitro groups is 1. The number of aromatic nitrogens is 1. The maximum absolute atomic E-state index is 13.1. The molecule has 2 aromatic rings. The molecular weight excluding hydrogens is 265 g/mol. The molecule has 104 valence electrons. The van der Waals surface area contributed by atoms with Crippen molar-refractivity contribution in [3.05, 3.63) is 58.0 Å². The highest BCUT2D eigenvalue weighted by molar-refractivity contribution is 5.47. The Morgan fingerprint density at radius 1 is 1.40 bits per heavy atom. The fourth-order valence-electron chi connectivity index (χ4n) is 1.55. The van der Waals surface area contributed by atoms with Gasteiger partial charge in [0.15, 0.2) is 0 Å². The Bertz CT molecular complexity index is 629. The minimum absolute atomic E-state index is 0.128. The largest absolute Gasteiger partial charge is 0.432 e.